The van der Waals surface area contributed by atoms with E-state index in [0.717, 1.165) is 21.6 Å². The van der Waals surface area contributed by atoms with Gasteiger partial charge in [0.15, 0.2) is 5.60 Å². The number of hydrogen-bond acceptors (Lipinski definition) is 20. The first-order chi connectivity index (χ1) is 44.8. The third kappa shape index (κ3) is 17.0. The van der Waals surface area contributed by atoms with E-state index in [2.05, 4.69) is 42.5 Å². The highest BCUT2D eigenvalue weighted by atomic mass is 33.1. The van der Waals surface area contributed by atoms with Gasteiger partial charge in [-0.1, -0.05) is 60.1 Å². The van der Waals surface area contributed by atoms with Gasteiger partial charge in [0.25, 0.3) is 5.91 Å². The standard InChI is InChI=1S/C63H75N11O18S2/c1-4-31(2)52-59(87)73-53(32(3)75)60(88)70-44(28-49(64)79)56(84)71-45(30-94-93-23-20-51(81)68-43(57(85)72-52)24-33-10-13-35(76)14-11-33)61(89)74-22-7-9-46(74)58(86)69-42(55(83)67-29-50(65)80)8-5-6-21-66-54(82)34-12-17-39-38(25-34)62(90)92-63(39)40-18-15-36(77)26-47(40)91-48-27-37(78)16-19-41(48)63/h10-19,25-27,31-32,42-46,52-53,75-78H,4-9,20-24,28-30H2,1-3H3,(H2,64,79)(H2,65,80)(H,66,82)(H,67,83)(H,68,81)(H,69,86)(H,70,88)(H,71,84)(H,72,85)(H,73,87)/t31-,32+,42-,43-,44-,45-,46-,52-,53-/m0/s1. The number of nitrogens with one attached hydrogen (secondary N) is 8. The Bertz CT molecular complexity index is 3540. The Morgan fingerprint density at radius 2 is 1.36 bits per heavy atom. The number of phenolic OH excluding ortho intramolecular Hbond substituents is 3. The zero-order valence-corrected chi connectivity index (χ0v) is 53.2. The third-order valence-corrected chi connectivity index (χ3v) is 18.8. The fourth-order valence-corrected chi connectivity index (χ4v) is 13.5. The third-order valence-electron chi connectivity index (χ3n) is 16.4. The molecular formula is C63H75N11O18S2. The number of aromatic hydroxyl groups is 3. The smallest absolute Gasteiger partial charge is 0.340 e. The fourth-order valence-electron chi connectivity index (χ4n) is 11.3. The number of primary amides is 2. The zero-order chi connectivity index (χ0) is 68.1. The van der Waals surface area contributed by atoms with E-state index in [4.69, 9.17) is 20.9 Å². The molecule has 4 aromatic carbocycles. The van der Waals surface area contributed by atoms with Gasteiger partial charge in [-0.25, -0.2) is 4.79 Å². The maximum absolute atomic E-state index is 14.8. The van der Waals surface area contributed by atoms with Crippen molar-refractivity contribution < 1.29 is 87.4 Å². The largest absolute Gasteiger partial charge is 0.508 e. The lowest BCUT2D eigenvalue weighted by Gasteiger charge is -2.36. The molecular weight excluding hydrogens is 1260 g/mol. The molecule has 0 aromatic heterocycles. The van der Waals surface area contributed by atoms with E-state index in [1.54, 1.807) is 44.2 Å². The number of fused-ring (bicyclic) bond motifs is 6. The molecule has 502 valence electrons. The quantitative estimate of drug-likeness (QED) is 0.0336. The summed E-state index contributed by atoms with van der Waals surface area (Å²) in [5.41, 5.74) is 11.2. The second-order valence-corrected chi connectivity index (χ2v) is 25.8. The van der Waals surface area contributed by atoms with Crippen molar-refractivity contribution in [1.29, 1.82) is 0 Å². The zero-order valence-electron chi connectivity index (χ0n) is 51.5. The van der Waals surface area contributed by atoms with Gasteiger partial charge in [0.05, 0.1) is 24.6 Å². The number of aliphatic hydroxyl groups excluding tert-OH is 1. The van der Waals surface area contributed by atoms with Crippen LogP contribution in [0.2, 0.25) is 0 Å². The van der Waals surface area contributed by atoms with E-state index in [1.807, 2.05) is 0 Å². The van der Waals surface area contributed by atoms with Crippen molar-refractivity contribution >= 4 is 92.5 Å². The van der Waals surface area contributed by atoms with Gasteiger partial charge in [0, 0.05) is 71.8 Å². The molecule has 0 saturated carbocycles. The number of hydrogen-bond donors (Lipinski definition) is 14. The molecule has 0 radical (unpaired) electrons. The Balaban J connectivity index is 0.951. The number of aliphatic hydroxyl groups is 1. The van der Waals surface area contributed by atoms with Crippen LogP contribution in [0.25, 0.3) is 0 Å². The van der Waals surface area contributed by atoms with Gasteiger partial charge < -0.3 is 88.8 Å². The van der Waals surface area contributed by atoms with Gasteiger partial charge in [0.2, 0.25) is 59.1 Å². The first-order valence-electron chi connectivity index (χ1n) is 30.5. The number of phenols is 3. The van der Waals surface area contributed by atoms with Crippen molar-refractivity contribution in [2.75, 3.05) is 31.1 Å². The van der Waals surface area contributed by atoms with E-state index in [-0.39, 0.29) is 109 Å². The molecule has 11 amide bonds. The summed E-state index contributed by atoms with van der Waals surface area (Å²) in [6, 6.07) is 8.72. The fraction of sp³-hybridized carbons (Fsp3) is 0.429. The predicted molar refractivity (Wildman–Crippen MR) is 339 cm³/mol. The van der Waals surface area contributed by atoms with Crippen LogP contribution in [0.15, 0.2) is 78.9 Å². The summed E-state index contributed by atoms with van der Waals surface area (Å²) < 4.78 is 12.1. The normalized spacial score (nSPS) is 21.7. The number of benzene rings is 4. The Morgan fingerprint density at radius 3 is 2.01 bits per heavy atom. The maximum Gasteiger partial charge on any atom is 0.340 e. The van der Waals surface area contributed by atoms with E-state index < -0.39 is 144 Å². The number of esters is 1. The molecule has 0 bridgehead atoms. The van der Waals surface area contributed by atoms with Crippen molar-refractivity contribution in [3.63, 3.8) is 0 Å². The highest BCUT2D eigenvalue weighted by Crippen LogP contribution is 2.57. The average Bonchev–Trinajstić information content (AvgIpc) is 1.47. The first-order valence-corrected chi connectivity index (χ1v) is 32.9. The van der Waals surface area contributed by atoms with Crippen molar-refractivity contribution in [2.45, 2.75) is 133 Å². The Kier molecular flexibility index (Phi) is 23.4. The first kappa shape index (κ1) is 70.3. The molecule has 1 spiro atoms. The summed E-state index contributed by atoms with van der Waals surface area (Å²) in [5, 5.41) is 62.0. The predicted octanol–water partition coefficient (Wildman–Crippen LogP) is 0.103. The lowest BCUT2D eigenvalue weighted by Crippen LogP contribution is -2.63. The summed E-state index contributed by atoms with van der Waals surface area (Å²) >= 11 is 0. The summed E-state index contributed by atoms with van der Waals surface area (Å²) in [5.74, 6) is -10.9. The number of nitrogens with zero attached hydrogens (tertiary/aromatic N) is 1. The summed E-state index contributed by atoms with van der Waals surface area (Å²) in [6.45, 7) is 4.00. The monoisotopic (exact) mass is 1340 g/mol. The maximum atomic E-state index is 14.8. The molecule has 9 atom stereocenters. The number of rotatable bonds is 19. The second-order valence-electron chi connectivity index (χ2n) is 23.2. The van der Waals surface area contributed by atoms with Crippen LogP contribution in [-0.4, -0.2) is 176 Å². The van der Waals surface area contributed by atoms with Crippen molar-refractivity contribution in [1.82, 2.24) is 47.4 Å². The van der Waals surface area contributed by atoms with E-state index >= 15 is 0 Å². The second kappa shape index (κ2) is 31.3. The molecule has 4 aliphatic heterocycles. The Morgan fingerprint density at radius 1 is 0.723 bits per heavy atom. The van der Waals surface area contributed by atoms with E-state index in [0.29, 0.717) is 28.7 Å². The van der Waals surface area contributed by atoms with Crippen LogP contribution in [0.1, 0.15) is 115 Å². The molecule has 29 nitrogen and oxygen atoms in total. The molecule has 31 heteroatoms. The highest BCUT2D eigenvalue weighted by molar-refractivity contribution is 8.76. The van der Waals surface area contributed by atoms with Gasteiger partial charge >= 0.3 is 5.97 Å². The molecule has 4 heterocycles. The van der Waals surface area contributed by atoms with Crippen LogP contribution < -0.4 is 58.7 Å². The summed E-state index contributed by atoms with van der Waals surface area (Å²) in [7, 11) is 2.16. The van der Waals surface area contributed by atoms with Crippen LogP contribution >= 0.6 is 21.6 Å². The van der Waals surface area contributed by atoms with Gasteiger partial charge in [-0.05, 0) is 99.0 Å². The molecule has 4 aliphatic rings. The minimum atomic E-state index is -1.80. The number of nitrogens with two attached hydrogens (primary N) is 2. The highest BCUT2D eigenvalue weighted by Gasteiger charge is 2.54. The SMILES string of the molecule is CC[C@H](C)[C@@H]1NC(=O)[C@H](Cc2ccc(O)cc2)NC(=O)CCSSC[C@@H](C(=O)N2CCC[C@H]2C(=O)N[C@@H](CCCCNC(=O)c2ccc3c(c2)C(=O)OC32c3ccc(O)cc3Oc3cc(O)ccc32)C(=O)NCC(N)=O)NC(=O)[C@H](CC(N)=O)NC(=O)[C@H]([C@@H](C)O)NC1=O. The Labute approximate surface area is 547 Å². The lowest BCUT2D eigenvalue weighted by atomic mass is 9.77. The van der Waals surface area contributed by atoms with Gasteiger partial charge in [-0.3, -0.25) is 52.7 Å². The van der Waals surface area contributed by atoms with Crippen molar-refractivity contribution in [3.8, 4) is 28.7 Å². The molecule has 2 fully saturated rings. The van der Waals surface area contributed by atoms with Crippen LogP contribution in [0, 0.1) is 5.92 Å². The average molecular weight is 1340 g/mol. The molecule has 0 unspecified atom stereocenters. The van der Waals surface area contributed by atoms with Gasteiger partial charge in [-0.2, -0.15) is 0 Å². The van der Waals surface area contributed by atoms with E-state index in [1.165, 1.54) is 60.4 Å². The Hall–Kier alpha value is -9.62. The number of unbranched alkanes of at least 4 members (excludes halogenated alkanes) is 1. The molecule has 0 aliphatic carbocycles. The van der Waals surface area contributed by atoms with Gasteiger partial charge in [-0.15, -0.1) is 0 Å². The van der Waals surface area contributed by atoms with E-state index in [9.17, 15) is 78.0 Å². The molecule has 16 N–H and O–H groups in total. The van der Waals surface area contributed by atoms with Crippen LogP contribution in [0.3, 0.4) is 0 Å². The minimum Gasteiger partial charge on any atom is -0.508 e. The lowest BCUT2D eigenvalue weighted by molar-refractivity contribution is -0.142. The number of ether oxygens (including phenoxy) is 2. The number of carbonyl (C=O) groups is 12. The molecule has 94 heavy (non-hydrogen) atoms. The van der Waals surface area contributed by atoms with Crippen molar-refractivity contribution in [3.05, 3.63) is 112 Å². The van der Waals surface area contributed by atoms with Crippen molar-refractivity contribution in [2.24, 2.45) is 17.4 Å². The topological polar surface area (TPSA) is 456 Å². The minimum absolute atomic E-state index is 0.0206. The number of carbonyl (C=O) groups excluding carboxylic acids is 12. The summed E-state index contributed by atoms with van der Waals surface area (Å²) in [4.78, 5) is 166. The van der Waals surface area contributed by atoms with Crippen LogP contribution in [0.4, 0.5) is 0 Å². The number of likely N-dealkylation sites (tertiary alicyclic amines) is 1. The number of amides is 11. The summed E-state index contributed by atoms with van der Waals surface area (Å²) in [6.07, 6.45) is -1.64. The molecule has 8 rings (SSSR count). The molecule has 2 saturated heterocycles. The van der Waals surface area contributed by atoms with Crippen LogP contribution in [0.5, 0.6) is 28.7 Å². The molecule has 4 aromatic rings. The van der Waals surface area contributed by atoms with Crippen LogP contribution in [-0.2, 0) is 64.7 Å². The van der Waals surface area contributed by atoms with Gasteiger partial charge in [0.1, 0.15) is 71.0 Å².